The average molecular weight is 576 g/mol. The molecule has 0 radical (unpaired) electrons. The van der Waals surface area contributed by atoms with Crippen molar-refractivity contribution in [3.8, 4) is 5.75 Å². The lowest BCUT2D eigenvalue weighted by atomic mass is 10.2. The second-order valence-corrected chi connectivity index (χ2v) is 9.14. The van der Waals surface area contributed by atoms with Crippen LogP contribution in [0.3, 0.4) is 0 Å². The van der Waals surface area contributed by atoms with Gasteiger partial charge in [0.15, 0.2) is 0 Å². The number of nitro benzene ring substituents is 1. The van der Waals surface area contributed by atoms with Crippen LogP contribution in [0.15, 0.2) is 69.0 Å². The van der Waals surface area contributed by atoms with Crippen LogP contribution in [0.25, 0.3) is 10.9 Å². The molecule has 4 aromatic rings. The fourth-order valence-electron chi connectivity index (χ4n) is 3.42. The van der Waals surface area contributed by atoms with Gasteiger partial charge in [-0.25, -0.2) is 4.98 Å². The number of benzene rings is 3. The molecule has 8 nitrogen and oxygen atoms in total. The van der Waals surface area contributed by atoms with Gasteiger partial charge in [-0.15, -0.1) is 0 Å². The lowest BCUT2D eigenvalue weighted by molar-refractivity contribution is -0.385. The number of ether oxygens (including phenoxy) is 1. The van der Waals surface area contributed by atoms with Crippen molar-refractivity contribution >= 4 is 61.9 Å². The molecule has 0 aliphatic heterocycles. The Morgan fingerprint density at radius 2 is 1.97 bits per heavy atom. The van der Waals surface area contributed by atoms with Crippen molar-refractivity contribution in [3.05, 3.63) is 107 Å². The lowest BCUT2D eigenvalue weighted by Gasteiger charge is -2.12. The number of fused-ring (bicyclic) bond motifs is 1. The van der Waals surface area contributed by atoms with Gasteiger partial charge < -0.3 is 4.74 Å². The van der Waals surface area contributed by atoms with Crippen molar-refractivity contribution in [2.45, 2.75) is 20.0 Å². The fraction of sp³-hybridized carbons (Fsp3) is 0.125. The van der Waals surface area contributed by atoms with Crippen molar-refractivity contribution in [2.75, 3.05) is 0 Å². The molecule has 1 aromatic heterocycles. The van der Waals surface area contributed by atoms with Gasteiger partial charge in [0.25, 0.3) is 5.56 Å². The van der Waals surface area contributed by atoms with Gasteiger partial charge in [-0.05, 0) is 30.3 Å². The Balaban J connectivity index is 1.81. The van der Waals surface area contributed by atoms with E-state index in [-0.39, 0.29) is 34.2 Å². The number of aryl methyl sites for hydroxylation is 1. The Morgan fingerprint density at radius 3 is 2.69 bits per heavy atom. The van der Waals surface area contributed by atoms with Gasteiger partial charge >= 0.3 is 5.69 Å². The highest BCUT2D eigenvalue weighted by Crippen LogP contribution is 2.35. The molecule has 3 aromatic carbocycles. The maximum Gasteiger partial charge on any atom is 0.313 e. The van der Waals surface area contributed by atoms with Crippen molar-refractivity contribution in [3.63, 3.8) is 0 Å². The first-order chi connectivity index (χ1) is 16.8. The van der Waals surface area contributed by atoms with E-state index in [2.05, 4.69) is 26.0 Å². The minimum absolute atomic E-state index is 0.0191. The normalized spacial score (nSPS) is 11.3. The quantitative estimate of drug-likeness (QED) is 0.144. The number of nitrogens with zero attached hydrogens (tertiary/aromatic N) is 4. The van der Waals surface area contributed by atoms with Crippen LogP contribution in [-0.4, -0.2) is 20.8 Å². The summed E-state index contributed by atoms with van der Waals surface area (Å²) in [5, 5.41) is 17.0. The van der Waals surface area contributed by atoms with E-state index in [0.29, 0.717) is 33.7 Å². The van der Waals surface area contributed by atoms with Crippen molar-refractivity contribution in [2.24, 2.45) is 5.10 Å². The third-order valence-corrected chi connectivity index (χ3v) is 6.17. The monoisotopic (exact) mass is 574 g/mol. The summed E-state index contributed by atoms with van der Waals surface area (Å²) in [6.45, 7) is 1.83. The fourth-order valence-corrected chi connectivity index (χ4v) is 4.19. The number of rotatable bonds is 7. The highest BCUT2D eigenvalue weighted by Gasteiger charge is 2.21. The lowest BCUT2D eigenvalue weighted by Crippen LogP contribution is -2.22. The summed E-state index contributed by atoms with van der Waals surface area (Å²) < 4.78 is 7.72. The molecule has 0 fully saturated rings. The van der Waals surface area contributed by atoms with Gasteiger partial charge in [-0.1, -0.05) is 64.3 Å². The molecule has 4 rings (SSSR count). The van der Waals surface area contributed by atoms with E-state index in [0.717, 1.165) is 4.47 Å². The summed E-state index contributed by atoms with van der Waals surface area (Å²) in [7, 11) is 0. The van der Waals surface area contributed by atoms with Crippen LogP contribution >= 0.6 is 39.1 Å². The Morgan fingerprint density at radius 1 is 1.20 bits per heavy atom. The minimum Gasteiger partial charge on any atom is -0.481 e. The third kappa shape index (κ3) is 5.37. The zero-order valence-corrected chi connectivity index (χ0v) is 21.3. The summed E-state index contributed by atoms with van der Waals surface area (Å²) in [6.07, 6.45) is 1.73. The molecule has 0 amide bonds. The van der Waals surface area contributed by atoms with Gasteiger partial charge in [0, 0.05) is 38.1 Å². The third-order valence-electron chi connectivity index (χ3n) is 5.09. The van der Waals surface area contributed by atoms with Gasteiger partial charge in [0.1, 0.15) is 12.4 Å². The maximum absolute atomic E-state index is 13.2. The Bertz CT molecular complexity index is 1540. The molecule has 11 heteroatoms. The van der Waals surface area contributed by atoms with Crippen LogP contribution < -0.4 is 10.3 Å². The highest BCUT2D eigenvalue weighted by molar-refractivity contribution is 9.10. The molecule has 0 atom stereocenters. The molecular weight excluding hydrogens is 559 g/mol. The Hall–Kier alpha value is -3.27. The predicted octanol–water partition coefficient (Wildman–Crippen LogP) is 6.40. The molecule has 0 saturated heterocycles. The standard InChI is InChI=1S/C24H17BrCl2N4O4/c1-2-22-29-20-8-7-16(25)10-18(20)24(32)30(22)28-12-15-9-17(26)11-21(31(33)34)23(15)35-13-14-5-3-4-6-19(14)27/h3-12H,2,13H2,1H3. The van der Waals surface area contributed by atoms with Crippen LogP contribution in [0.2, 0.25) is 10.0 Å². The summed E-state index contributed by atoms with van der Waals surface area (Å²) in [4.78, 5) is 28.8. The van der Waals surface area contributed by atoms with E-state index in [1.807, 2.05) is 6.92 Å². The largest absolute Gasteiger partial charge is 0.481 e. The van der Waals surface area contributed by atoms with Crippen molar-refractivity contribution < 1.29 is 9.66 Å². The molecule has 0 unspecified atom stereocenters. The van der Waals surface area contributed by atoms with Gasteiger partial charge in [-0.2, -0.15) is 9.78 Å². The van der Waals surface area contributed by atoms with Crippen molar-refractivity contribution in [1.29, 1.82) is 0 Å². The van der Waals surface area contributed by atoms with Gasteiger partial charge in [0.05, 0.1) is 22.0 Å². The number of nitro groups is 1. The molecule has 0 bridgehead atoms. The number of hydrogen-bond acceptors (Lipinski definition) is 6. The maximum atomic E-state index is 13.2. The van der Waals surface area contributed by atoms with Crippen LogP contribution in [0.5, 0.6) is 5.75 Å². The van der Waals surface area contributed by atoms with E-state index in [1.54, 1.807) is 42.5 Å². The summed E-state index contributed by atoms with van der Waals surface area (Å²) >= 11 is 15.7. The Labute approximate surface area is 218 Å². The molecule has 0 aliphatic carbocycles. The zero-order chi connectivity index (χ0) is 25.1. The van der Waals surface area contributed by atoms with E-state index in [9.17, 15) is 14.9 Å². The summed E-state index contributed by atoms with van der Waals surface area (Å²) in [5.74, 6) is 0.377. The molecule has 0 N–H and O–H groups in total. The highest BCUT2D eigenvalue weighted by atomic mass is 79.9. The number of aromatic nitrogens is 2. The van der Waals surface area contributed by atoms with Gasteiger partial charge in [-0.3, -0.25) is 14.9 Å². The number of hydrogen-bond donors (Lipinski definition) is 0. The van der Waals surface area contributed by atoms with E-state index in [4.69, 9.17) is 27.9 Å². The topological polar surface area (TPSA) is 99.6 Å². The second-order valence-electron chi connectivity index (χ2n) is 7.39. The van der Waals surface area contributed by atoms with Gasteiger partial charge in [0.2, 0.25) is 5.75 Å². The van der Waals surface area contributed by atoms with Crippen LogP contribution in [0.1, 0.15) is 23.9 Å². The zero-order valence-electron chi connectivity index (χ0n) is 18.2. The minimum atomic E-state index is -0.593. The molecule has 178 valence electrons. The van der Waals surface area contributed by atoms with Crippen LogP contribution in [0.4, 0.5) is 5.69 Å². The van der Waals surface area contributed by atoms with E-state index < -0.39 is 4.92 Å². The number of halogens is 3. The van der Waals surface area contributed by atoms with Crippen LogP contribution in [-0.2, 0) is 13.0 Å². The molecule has 0 aliphatic rings. The molecule has 0 saturated carbocycles. The van der Waals surface area contributed by atoms with Crippen molar-refractivity contribution in [1.82, 2.24) is 9.66 Å². The first-order valence-electron chi connectivity index (χ1n) is 10.4. The SMILES string of the molecule is CCc1nc2ccc(Br)cc2c(=O)n1N=Cc1cc(Cl)cc([N+](=O)[O-])c1OCc1ccccc1Cl. The first kappa shape index (κ1) is 24.8. The first-order valence-corrected chi connectivity index (χ1v) is 11.9. The molecule has 35 heavy (non-hydrogen) atoms. The summed E-state index contributed by atoms with van der Waals surface area (Å²) in [5.41, 5.74) is 0.701. The smallest absolute Gasteiger partial charge is 0.313 e. The second kappa shape index (κ2) is 10.6. The van der Waals surface area contributed by atoms with Crippen LogP contribution in [0, 0.1) is 10.1 Å². The molecule has 1 heterocycles. The molecular formula is C24H17BrCl2N4O4. The Kier molecular flexibility index (Phi) is 7.49. The summed E-state index contributed by atoms with van der Waals surface area (Å²) in [6, 6.07) is 14.9. The van der Waals surface area contributed by atoms with E-state index >= 15 is 0 Å². The molecule has 0 spiro atoms. The average Bonchev–Trinajstić information content (AvgIpc) is 2.83. The predicted molar refractivity (Wildman–Crippen MR) is 140 cm³/mol. The van der Waals surface area contributed by atoms with E-state index in [1.165, 1.54) is 23.0 Å².